The summed E-state index contributed by atoms with van der Waals surface area (Å²) in [5.41, 5.74) is 5.20. The number of benzene rings is 4. The van der Waals surface area contributed by atoms with Gasteiger partial charge in [0.1, 0.15) is 0 Å². The van der Waals surface area contributed by atoms with Gasteiger partial charge in [0.15, 0.2) is 0 Å². The van der Waals surface area contributed by atoms with Gasteiger partial charge in [0.25, 0.3) is 0 Å². The van der Waals surface area contributed by atoms with Gasteiger partial charge in [-0.1, -0.05) is 50.2 Å². The summed E-state index contributed by atoms with van der Waals surface area (Å²) < 4.78 is 4.87. The molecule has 0 fully saturated rings. The monoisotopic (exact) mass is 367 g/mol. The zero-order valence-corrected chi connectivity index (χ0v) is 16.2. The molecule has 1 N–H and O–H groups in total. The maximum absolute atomic E-state index is 11.9. The van der Waals surface area contributed by atoms with Gasteiger partial charge in [0.05, 0.1) is 12.7 Å². The number of rotatable bonds is 1. The fourth-order valence-corrected chi connectivity index (χ4v) is 4.49. The van der Waals surface area contributed by atoms with Crippen LogP contribution >= 0.6 is 0 Å². The molecular weight excluding hydrogens is 346 g/mol. The summed E-state index contributed by atoms with van der Waals surface area (Å²) in [7, 11) is 1.41. The van der Waals surface area contributed by atoms with E-state index in [-0.39, 0.29) is 11.4 Å². The SMILES string of the molecule is COC(=O)c1ccc2c3c(ccc2c1)Nc1cc2ccccc2cc1C3(C)C. The highest BCUT2D eigenvalue weighted by atomic mass is 16.5. The Morgan fingerprint density at radius 2 is 1.61 bits per heavy atom. The maximum Gasteiger partial charge on any atom is 0.337 e. The van der Waals surface area contributed by atoms with Crippen molar-refractivity contribution in [3.8, 4) is 0 Å². The number of methoxy groups -OCH3 is 1. The lowest BCUT2D eigenvalue weighted by atomic mass is 9.72. The lowest BCUT2D eigenvalue weighted by Crippen LogP contribution is -2.26. The Labute approximate surface area is 163 Å². The second-order valence-electron chi connectivity index (χ2n) is 7.91. The molecule has 28 heavy (non-hydrogen) atoms. The highest BCUT2D eigenvalue weighted by Gasteiger charge is 2.34. The second-order valence-corrected chi connectivity index (χ2v) is 7.91. The Kier molecular flexibility index (Phi) is 3.50. The van der Waals surface area contributed by atoms with Crippen molar-refractivity contribution in [2.45, 2.75) is 19.3 Å². The van der Waals surface area contributed by atoms with Crippen molar-refractivity contribution in [1.29, 1.82) is 0 Å². The Hall–Kier alpha value is -3.33. The summed E-state index contributed by atoms with van der Waals surface area (Å²) in [5, 5.41) is 8.31. The van der Waals surface area contributed by atoms with Gasteiger partial charge in [0.2, 0.25) is 0 Å². The minimum atomic E-state index is -0.311. The van der Waals surface area contributed by atoms with Crippen molar-refractivity contribution in [3.05, 3.63) is 83.4 Å². The largest absolute Gasteiger partial charge is 0.465 e. The Balaban J connectivity index is 1.76. The predicted molar refractivity (Wildman–Crippen MR) is 115 cm³/mol. The Morgan fingerprint density at radius 3 is 2.36 bits per heavy atom. The highest BCUT2D eigenvalue weighted by Crippen LogP contribution is 2.49. The van der Waals surface area contributed by atoms with Crippen LogP contribution in [0.15, 0.2) is 66.7 Å². The molecule has 3 heteroatoms. The van der Waals surface area contributed by atoms with Crippen LogP contribution < -0.4 is 5.32 Å². The van der Waals surface area contributed by atoms with E-state index in [4.69, 9.17) is 4.74 Å². The molecule has 1 heterocycles. The number of fused-ring (bicyclic) bond motifs is 5. The molecule has 1 aliphatic rings. The van der Waals surface area contributed by atoms with E-state index in [9.17, 15) is 4.79 Å². The molecule has 5 rings (SSSR count). The van der Waals surface area contributed by atoms with E-state index in [0.29, 0.717) is 5.56 Å². The smallest absolute Gasteiger partial charge is 0.337 e. The normalized spacial score (nSPS) is 14.2. The molecule has 1 aliphatic heterocycles. The zero-order chi connectivity index (χ0) is 19.5. The summed E-state index contributed by atoms with van der Waals surface area (Å²) in [5.74, 6) is -0.311. The summed E-state index contributed by atoms with van der Waals surface area (Å²) in [6.45, 7) is 4.54. The lowest BCUT2D eigenvalue weighted by molar-refractivity contribution is 0.0601. The Bertz CT molecular complexity index is 1270. The zero-order valence-electron chi connectivity index (χ0n) is 16.2. The van der Waals surface area contributed by atoms with Gasteiger partial charge < -0.3 is 10.1 Å². The van der Waals surface area contributed by atoms with Crippen molar-refractivity contribution >= 4 is 38.9 Å². The quantitative estimate of drug-likeness (QED) is 0.409. The molecule has 138 valence electrons. The molecule has 0 saturated heterocycles. The van der Waals surface area contributed by atoms with Crippen molar-refractivity contribution in [2.75, 3.05) is 12.4 Å². The number of nitrogens with one attached hydrogen (secondary N) is 1. The summed E-state index contributed by atoms with van der Waals surface area (Å²) in [6.07, 6.45) is 0. The van der Waals surface area contributed by atoms with Gasteiger partial charge >= 0.3 is 5.97 Å². The first-order chi connectivity index (χ1) is 13.5. The first kappa shape index (κ1) is 16.8. The lowest BCUT2D eigenvalue weighted by Gasteiger charge is -2.37. The topological polar surface area (TPSA) is 38.3 Å². The van der Waals surface area contributed by atoms with Gasteiger partial charge in [-0.25, -0.2) is 4.79 Å². The van der Waals surface area contributed by atoms with Crippen molar-refractivity contribution in [1.82, 2.24) is 0 Å². The van der Waals surface area contributed by atoms with E-state index in [1.807, 2.05) is 18.2 Å². The fraction of sp³-hybridized carbons (Fsp3) is 0.160. The van der Waals surface area contributed by atoms with Gasteiger partial charge in [-0.05, 0) is 63.0 Å². The van der Waals surface area contributed by atoms with E-state index in [1.54, 1.807) is 0 Å². The maximum atomic E-state index is 11.9. The highest BCUT2D eigenvalue weighted by molar-refractivity contribution is 6.01. The summed E-state index contributed by atoms with van der Waals surface area (Å²) >= 11 is 0. The summed E-state index contributed by atoms with van der Waals surface area (Å²) in [6, 6.07) is 23.0. The molecule has 0 unspecified atom stereocenters. The summed E-state index contributed by atoms with van der Waals surface area (Å²) in [4.78, 5) is 11.9. The first-order valence-corrected chi connectivity index (χ1v) is 9.45. The molecule has 0 radical (unpaired) electrons. The average Bonchev–Trinajstić information content (AvgIpc) is 2.71. The van der Waals surface area contributed by atoms with Crippen molar-refractivity contribution < 1.29 is 9.53 Å². The molecule has 0 saturated carbocycles. The Morgan fingerprint density at radius 1 is 0.857 bits per heavy atom. The van der Waals surface area contributed by atoms with E-state index >= 15 is 0 Å². The van der Waals surface area contributed by atoms with Gasteiger partial charge in [0, 0.05) is 16.8 Å². The van der Waals surface area contributed by atoms with Gasteiger partial charge in [-0.3, -0.25) is 0 Å². The van der Waals surface area contributed by atoms with Crippen LogP contribution in [0.1, 0.15) is 35.3 Å². The van der Waals surface area contributed by atoms with E-state index in [1.165, 1.54) is 29.0 Å². The number of carbonyl (C=O) groups excluding carboxylic acids is 1. The third kappa shape index (κ3) is 2.32. The minimum absolute atomic E-state index is 0.174. The average molecular weight is 367 g/mol. The van der Waals surface area contributed by atoms with Crippen LogP contribution in [-0.4, -0.2) is 13.1 Å². The van der Waals surface area contributed by atoms with Crippen LogP contribution in [0, 0.1) is 0 Å². The number of carbonyl (C=O) groups is 1. The fourth-order valence-electron chi connectivity index (χ4n) is 4.49. The van der Waals surface area contributed by atoms with Crippen LogP contribution in [0.5, 0.6) is 0 Å². The molecule has 0 spiro atoms. The van der Waals surface area contributed by atoms with E-state index < -0.39 is 0 Å². The van der Waals surface area contributed by atoms with Crippen molar-refractivity contribution in [3.63, 3.8) is 0 Å². The van der Waals surface area contributed by atoms with Gasteiger partial charge in [-0.15, -0.1) is 0 Å². The predicted octanol–water partition coefficient (Wildman–Crippen LogP) is 6.16. The molecule has 4 aromatic rings. The van der Waals surface area contributed by atoms with Crippen LogP contribution in [0.4, 0.5) is 11.4 Å². The standard InChI is InChI=1S/C25H21NO2/c1-25(2)20-13-15-6-4-5-7-16(15)14-22(20)26-21-11-9-17-12-18(24(27)28-3)8-10-19(17)23(21)25/h4-14,26H,1-3H3. The number of esters is 1. The van der Waals surface area contributed by atoms with Crippen LogP contribution in [0.3, 0.4) is 0 Å². The molecule has 0 bridgehead atoms. The molecule has 4 aromatic carbocycles. The molecule has 0 amide bonds. The first-order valence-electron chi connectivity index (χ1n) is 9.45. The van der Waals surface area contributed by atoms with E-state index in [2.05, 4.69) is 67.7 Å². The molecule has 0 aliphatic carbocycles. The van der Waals surface area contributed by atoms with E-state index in [0.717, 1.165) is 22.1 Å². The van der Waals surface area contributed by atoms with Crippen LogP contribution in [0.2, 0.25) is 0 Å². The molecule has 3 nitrogen and oxygen atoms in total. The van der Waals surface area contributed by atoms with Crippen LogP contribution in [-0.2, 0) is 10.2 Å². The van der Waals surface area contributed by atoms with Crippen molar-refractivity contribution in [2.24, 2.45) is 0 Å². The number of hydrogen-bond donors (Lipinski definition) is 1. The number of anilines is 2. The van der Waals surface area contributed by atoms with Gasteiger partial charge in [-0.2, -0.15) is 0 Å². The molecule has 0 atom stereocenters. The minimum Gasteiger partial charge on any atom is -0.465 e. The van der Waals surface area contributed by atoms with Crippen LogP contribution in [0.25, 0.3) is 21.5 Å². The molecular formula is C25H21NO2. The number of ether oxygens (including phenoxy) is 1. The third-order valence-corrected chi connectivity index (χ3v) is 5.89. The third-order valence-electron chi connectivity index (χ3n) is 5.89. The second kappa shape index (κ2) is 5.83. The number of hydrogen-bond acceptors (Lipinski definition) is 3. The molecule has 0 aromatic heterocycles.